The molecule has 0 radical (unpaired) electrons. The molecule has 1 aromatic rings. The van der Waals surface area contributed by atoms with Crippen molar-refractivity contribution in [1.82, 2.24) is 5.32 Å². The van der Waals surface area contributed by atoms with Crippen LogP contribution in [0.15, 0.2) is 24.3 Å². The van der Waals surface area contributed by atoms with Gasteiger partial charge in [-0.05, 0) is 31.2 Å². The third-order valence-corrected chi connectivity index (χ3v) is 4.35. The highest BCUT2D eigenvalue weighted by molar-refractivity contribution is 5.89. The van der Waals surface area contributed by atoms with Crippen LogP contribution in [0.2, 0.25) is 0 Å². The number of benzene rings is 1. The van der Waals surface area contributed by atoms with Gasteiger partial charge >= 0.3 is 5.97 Å². The number of rotatable bonds is 6. The minimum absolute atomic E-state index is 0.0385. The molecule has 1 aliphatic carbocycles. The van der Waals surface area contributed by atoms with Crippen LogP contribution in [0.25, 0.3) is 0 Å². The van der Waals surface area contributed by atoms with Crippen LogP contribution < -0.4 is 5.32 Å². The summed E-state index contributed by atoms with van der Waals surface area (Å²) in [4.78, 5) is 23.3. The molecule has 0 aliphatic heterocycles. The normalized spacial score (nSPS) is 17.6. The van der Waals surface area contributed by atoms with Gasteiger partial charge in [-0.25, -0.2) is 0 Å². The summed E-state index contributed by atoms with van der Waals surface area (Å²) in [6.45, 7) is 4.29. The molecule has 21 heavy (non-hydrogen) atoms. The number of amides is 1. The topological polar surface area (TPSA) is 66.4 Å². The van der Waals surface area contributed by atoms with Crippen LogP contribution >= 0.6 is 0 Å². The summed E-state index contributed by atoms with van der Waals surface area (Å²) in [5, 5.41) is 11.7. The highest BCUT2D eigenvalue weighted by atomic mass is 16.4. The lowest BCUT2D eigenvalue weighted by molar-refractivity contribution is -0.138. The van der Waals surface area contributed by atoms with E-state index in [2.05, 4.69) is 11.4 Å². The predicted molar refractivity (Wildman–Crippen MR) is 81.1 cm³/mol. The Balaban J connectivity index is 2.03. The molecule has 0 spiro atoms. The molecule has 0 bridgehead atoms. The Kier molecular flexibility index (Phi) is 4.66. The van der Waals surface area contributed by atoms with Crippen molar-refractivity contribution in [3.63, 3.8) is 0 Å². The second kappa shape index (κ2) is 6.29. The summed E-state index contributed by atoms with van der Waals surface area (Å²) < 4.78 is 0. The standard InChI is InChI=1S/C17H23NO3/c1-12-5-3-6-14(9-12)17(7-4-8-17)16(21)18-11-13(2)10-15(19)20/h3,5-6,9,13H,4,7-8,10-11H2,1-2H3,(H,18,21)(H,19,20). The van der Waals surface area contributed by atoms with Gasteiger partial charge in [0.25, 0.3) is 0 Å². The van der Waals surface area contributed by atoms with Crippen LogP contribution in [0.5, 0.6) is 0 Å². The molecule has 4 nitrogen and oxygen atoms in total. The molecule has 1 atom stereocenters. The van der Waals surface area contributed by atoms with Gasteiger partial charge in [-0.2, -0.15) is 0 Å². The maximum atomic E-state index is 12.6. The van der Waals surface area contributed by atoms with Crippen LogP contribution in [0.3, 0.4) is 0 Å². The molecule has 0 saturated heterocycles. The average Bonchev–Trinajstić information content (AvgIpc) is 2.34. The van der Waals surface area contributed by atoms with Crippen LogP contribution in [-0.2, 0) is 15.0 Å². The van der Waals surface area contributed by atoms with Gasteiger partial charge in [-0.15, -0.1) is 0 Å². The summed E-state index contributed by atoms with van der Waals surface area (Å²) >= 11 is 0. The highest BCUT2D eigenvalue weighted by Gasteiger charge is 2.45. The molecular weight excluding hydrogens is 266 g/mol. The molecule has 1 aromatic carbocycles. The summed E-state index contributed by atoms with van der Waals surface area (Å²) in [7, 11) is 0. The van der Waals surface area contributed by atoms with E-state index in [4.69, 9.17) is 5.11 Å². The number of carbonyl (C=O) groups is 2. The number of aryl methyl sites for hydroxylation is 1. The minimum atomic E-state index is -0.825. The lowest BCUT2D eigenvalue weighted by atomic mass is 9.63. The maximum Gasteiger partial charge on any atom is 0.303 e. The van der Waals surface area contributed by atoms with E-state index in [1.54, 1.807) is 0 Å². The highest BCUT2D eigenvalue weighted by Crippen LogP contribution is 2.44. The smallest absolute Gasteiger partial charge is 0.303 e. The van der Waals surface area contributed by atoms with Gasteiger partial charge < -0.3 is 10.4 Å². The Labute approximate surface area is 125 Å². The Morgan fingerprint density at radius 2 is 2.10 bits per heavy atom. The number of nitrogens with one attached hydrogen (secondary N) is 1. The van der Waals surface area contributed by atoms with E-state index in [-0.39, 0.29) is 18.2 Å². The zero-order valence-electron chi connectivity index (χ0n) is 12.7. The fourth-order valence-corrected chi connectivity index (χ4v) is 2.93. The molecule has 1 amide bonds. The zero-order valence-corrected chi connectivity index (χ0v) is 12.7. The number of aliphatic carboxylic acids is 1. The molecular formula is C17H23NO3. The first-order valence-electron chi connectivity index (χ1n) is 7.51. The van der Waals surface area contributed by atoms with E-state index in [1.807, 2.05) is 32.0 Å². The van der Waals surface area contributed by atoms with Gasteiger partial charge in [-0.3, -0.25) is 9.59 Å². The van der Waals surface area contributed by atoms with Gasteiger partial charge in [0.15, 0.2) is 0 Å². The van der Waals surface area contributed by atoms with Gasteiger partial charge in [0.2, 0.25) is 5.91 Å². The number of hydrogen-bond acceptors (Lipinski definition) is 2. The van der Waals surface area contributed by atoms with E-state index in [9.17, 15) is 9.59 Å². The zero-order chi connectivity index (χ0) is 15.5. The van der Waals surface area contributed by atoms with Gasteiger partial charge in [-0.1, -0.05) is 43.2 Å². The van der Waals surface area contributed by atoms with Crippen molar-refractivity contribution in [3.8, 4) is 0 Å². The second-order valence-electron chi connectivity index (χ2n) is 6.22. The Bertz CT molecular complexity index is 535. The molecule has 1 aliphatic rings. The van der Waals surface area contributed by atoms with Crippen LogP contribution in [-0.4, -0.2) is 23.5 Å². The SMILES string of the molecule is Cc1cccc(C2(C(=O)NCC(C)CC(=O)O)CCC2)c1. The Morgan fingerprint density at radius 1 is 1.38 bits per heavy atom. The van der Waals surface area contributed by atoms with Crippen molar-refractivity contribution in [2.75, 3.05) is 6.54 Å². The van der Waals surface area contributed by atoms with Crippen molar-refractivity contribution in [2.24, 2.45) is 5.92 Å². The number of hydrogen-bond donors (Lipinski definition) is 2. The Hall–Kier alpha value is -1.84. The first-order chi connectivity index (χ1) is 9.94. The fraction of sp³-hybridized carbons (Fsp3) is 0.529. The molecule has 2 rings (SSSR count). The number of carbonyl (C=O) groups excluding carboxylic acids is 1. The fourth-order valence-electron chi connectivity index (χ4n) is 2.93. The largest absolute Gasteiger partial charge is 0.481 e. The quantitative estimate of drug-likeness (QED) is 0.846. The van der Waals surface area contributed by atoms with Crippen molar-refractivity contribution in [1.29, 1.82) is 0 Å². The Morgan fingerprint density at radius 3 is 2.62 bits per heavy atom. The van der Waals surface area contributed by atoms with Gasteiger partial charge in [0.05, 0.1) is 5.41 Å². The van der Waals surface area contributed by atoms with Crippen LogP contribution in [0.4, 0.5) is 0 Å². The first-order valence-corrected chi connectivity index (χ1v) is 7.51. The summed E-state index contributed by atoms with van der Waals surface area (Å²) in [5.41, 5.74) is 1.83. The van der Waals surface area contributed by atoms with E-state index in [0.717, 1.165) is 30.4 Å². The molecule has 114 valence electrons. The third-order valence-electron chi connectivity index (χ3n) is 4.35. The maximum absolute atomic E-state index is 12.6. The van der Waals surface area contributed by atoms with Gasteiger partial charge in [0.1, 0.15) is 0 Å². The monoisotopic (exact) mass is 289 g/mol. The van der Waals surface area contributed by atoms with Crippen molar-refractivity contribution in [2.45, 2.75) is 44.9 Å². The average molecular weight is 289 g/mol. The summed E-state index contributed by atoms with van der Waals surface area (Å²) in [6, 6.07) is 8.12. The molecule has 1 saturated carbocycles. The lowest BCUT2D eigenvalue weighted by Gasteiger charge is -2.41. The third kappa shape index (κ3) is 3.43. The predicted octanol–water partition coefficient (Wildman–Crippen LogP) is 2.64. The van der Waals surface area contributed by atoms with E-state index < -0.39 is 11.4 Å². The van der Waals surface area contributed by atoms with Crippen LogP contribution in [0, 0.1) is 12.8 Å². The summed E-state index contributed by atoms with van der Waals surface area (Å²) in [5.74, 6) is -0.841. The minimum Gasteiger partial charge on any atom is -0.481 e. The van der Waals surface area contributed by atoms with Gasteiger partial charge in [0, 0.05) is 13.0 Å². The van der Waals surface area contributed by atoms with Crippen molar-refractivity contribution >= 4 is 11.9 Å². The lowest BCUT2D eigenvalue weighted by Crippen LogP contribution is -2.50. The number of carboxylic acids is 1. The van der Waals surface area contributed by atoms with E-state index >= 15 is 0 Å². The molecule has 2 N–H and O–H groups in total. The summed E-state index contributed by atoms with van der Waals surface area (Å²) in [6.07, 6.45) is 2.88. The molecule has 4 heteroatoms. The molecule has 0 heterocycles. The second-order valence-corrected chi connectivity index (χ2v) is 6.22. The molecule has 0 aromatic heterocycles. The first kappa shape index (κ1) is 15.5. The van der Waals surface area contributed by atoms with Crippen molar-refractivity contribution in [3.05, 3.63) is 35.4 Å². The van der Waals surface area contributed by atoms with Crippen molar-refractivity contribution < 1.29 is 14.7 Å². The number of carboxylic acid groups (broad SMARTS) is 1. The van der Waals surface area contributed by atoms with E-state index in [1.165, 1.54) is 0 Å². The molecule has 1 unspecified atom stereocenters. The van der Waals surface area contributed by atoms with E-state index in [0.29, 0.717) is 6.54 Å². The van der Waals surface area contributed by atoms with Crippen LogP contribution in [0.1, 0.15) is 43.7 Å². The molecule has 1 fully saturated rings.